The van der Waals surface area contributed by atoms with Gasteiger partial charge >= 0.3 is 0 Å². The van der Waals surface area contributed by atoms with E-state index in [1.165, 1.54) is 116 Å². The second-order valence-electron chi connectivity index (χ2n) is 6.70. The molecule has 0 saturated heterocycles. The summed E-state index contributed by atoms with van der Waals surface area (Å²) in [5.74, 6) is 0. The summed E-state index contributed by atoms with van der Waals surface area (Å²) in [6.45, 7) is 7.00. The summed E-state index contributed by atoms with van der Waals surface area (Å²) in [5, 5.41) is 3.53. The van der Waals surface area contributed by atoms with Gasteiger partial charge in [-0.1, -0.05) is 104 Å². The summed E-state index contributed by atoms with van der Waals surface area (Å²) >= 11 is 0. The molecule has 0 rings (SSSR count). The molecule has 0 aliphatic carbocycles. The Hall–Kier alpha value is -0.0400. The van der Waals surface area contributed by atoms with Crippen LogP contribution >= 0.6 is 0 Å². The lowest BCUT2D eigenvalue weighted by Gasteiger charge is -2.04. The van der Waals surface area contributed by atoms with Gasteiger partial charge in [0.15, 0.2) is 0 Å². The van der Waals surface area contributed by atoms with Gasteiger partial charge in [0.1, 0.15) is 0 Å². The summed E-state index contributed by atoms with van der Waals surface area (Å²) in [7, 11) is 0. The highest BCUT2D eigenvalue weighted by Gasteiger charge is 1.94. The monoisotopic (exact) mass is 297 g/mol. The Kier molecular flexibility index (Phi) is 19.9. The van der Waals surface area contributed by atoms with E-state index in [0.717, 1.165) is 0 Å². The van der Waals surface area contributed by atoms with Gasteiger partial charge in [0.05, 0.1) is 0 Å². The minimum Gasteiger partial charge on any atom is -0.317 e. The molecular formula is C20H43N. The Morgan fingerprint density at radius 3 is 1.14 bits per heavy atom. The molecule has 0 aromatic carbocycles. The van der Waals surface area contributed by atoms with E-state index < -0.39 is 0 Å². The highest BCUT2D eigenvalue weighted by molar-refractivity contribution is 4.51. The minimum absolute atomic E-state index is 1.22. The van der Waals surface area contributed by atoms with Gasteiger partial charge in [-0.3, -0.25) is 0 Å². The molecule has 0 aromatic rings. The first-order valence-electron chi connectivity index (χ1n) is 10.1. The van der Waals surface area contributed by atoms with Crippen molar-refractivity contribution in [2.45, 2.75) is 117 Å². The fraction of sp³-hybridized carbons (Fsp3) is 1.00. The maximum absolute atomic E-state index is 3.53. The Morgan fingerprint density at radius 1 is 0.381 bits per heavy atom. The number of hydrogen-bond acceptors (Lipinski definition) is 1. The first-order valence-corrected chi connectivity index (χ1v) is 10.1. The van der Waals surface area contributed by atoms with E-state index in [-0.39, 0.29) is 0 Å². The van der Waals surface area contributed by atoms with Gasteiger partial charge in [-0.25, -0.2) is 0 Å². The van der Waals surface area contributed by atoms with Crippen molar-refractivity contribution in [1.29, 1.82) is 0 Å². The molecule has 21 heavy (non-hydrogen) atoms. The molecule has 0 atom stereocenters. The van der Waals surface area contributed by atoms with Gasteiger partial charge in [-0.05, 0) is 25.9 Å². The zero-order chi connectivity index (χ0) is 15.4. The molecule has 0 radical (unpaired) electrons. The van der Waals surface area contributed by atoms with E-state index in [2.05, 4.69) is 19.2 Å². The topological polar surface area (TPSA) is 12.0 Å². The van der Waals surface area contributed by atoms with Crippen molar-refractivity contribution in [1.82, 2.24) is 5.32 Å². The first kappa shape index (κ1) is 21.0. The Labute approximate surface area is 135 Å². The van der Waals surface area contributed by atoms with Crippen LogP contribution in [0.15, 0.2) is 0 Å². The molecule has 1 nitrogen and oxygen atoms in total. The maximum Gasteiger partial charge on any atom is -0.00489 e. The van der Waals surface area contributed by atoms with Crippen molar-refractivity contribution in [3.8, 4) is 0 Å². The van der Waals surface area contributed by atoms with Gasteiger partial charge < -0.3 is 5.32 Å². The van der Waals surface area contributed by atoms with Crippen molar-refractivity contribution in [3.05, 3.63) is 0 Å². The molecule has 0 unspecified atom stereocenters. The number of rotatable bonds is 18. The number of unbranched alkanes of at least 4 members (excludes halogenated alkanes) is 14. The molecule has 0 heterocycles. The third-order valence-corrected chi connectivity index (χ3v) is 4.41. The molecule has 0 aliphatic heterocycles. The van der Waals surface area contributed by atoms with Crippen LogP contribution in [-0.2, 0) is 0 Å². The average molecular weight is 298 g/mol. The quantitative estimate of drug-likeness (QED) is 0.273. The van der Waals surface area contributed by atoms with Crippen molar-refractivity contribution in [2.75, 3.05) is 13.1 Å². The summed E-state index contributed by atoms with van der Waals surface area (Å²) in [6, 6.07) is 0. The zero-order valence-corrected chi connectivity index (χ0v) is 15.2. The van der Waals surface area contributed by atoms with Gasteiger partial charge in [-0.15, -0.1) is 0 Å². The molecule has 0 fully saturated rings. The van der Waals surface area contributed by atoms with E-state index in [4.69, 9.17) is 0 Å². The standard InChI is InChI=1S/C20H43N/c1-3-5-7-8-9-10-11-12-13-14-15-16-17-18-20-21-19-6-4-2/h21H,3-20H2,1-2H3. The normalized spacial score (nSPS) is 11.1. The second kappa shape index (κ2) is 20.0. The fourth-order valence-corrected chi connectivity index (χ4v) is 2.87. The smallest absolute Gasteiger partial charge is 0.00489 e. The third kappa shape index (κ3) is 20.0. The van der Waals surface area contributed by atoms with Crippen LogP contribution in [0, 0.1) is 0 Å². The van der Waals surface area contributed by atoms with E-state index in [9.17, 15) is 0 Å². The largest absolute Gasteiger partial charge is 0.317 e. The highest BCUT2D eigenvalue weighted by Crippen LogP contribution is 2.12. The van der Waals surface area contributed by atoms with Crippen molar-refractivity contribution >= 4 is 0 Å². The highest BCUT2D eigenvalue weighted by atomic mass is 14.8. The zero-order valence-electron chi connectivity index (χ0n) is 15.2. The van der Waals surface area contributed by atoms with Crippen molar-refractivity contribution in [2.24, 2.45) is 0 Å². The maximum atomic E-state index is 3.53. The number of nitrogens with one attached hydrogen (secondary N) is 1. The summed E-state index contributed by atoms with van der Waals surface area (Å²) < 4.78 is 0. The Morgan fingerprint density at radius 2 is 0.714 bits per heavy atom. The van der Waals surface area contributed by atoms with Gasteiger partial charge in [0.2, 0.25) is 0 Å². The average Bonchev–Trinajstić information content (AvgIpc) is 2.50. The van der Waals surface area contributed by atoms with Crippen LogP contribution in [0.4, 0.5) is 0 Å². The van der Waals surface area contributed by atoms with Crippen LogP contribution in [0.2, 0.25) is 0 Å². The summed E-state index contributed by atoms with van der Waals surface area (Å²) in [6.07, 6.45) is 23.0. The Bertz CT molecular complexity index is 149. The van der Waals surface area contributed by atoms with Crippen LogP contribution in [-0.4, -0.2) is 13.1 Å². The molecule has 128 valence electrons. The second-order valence-corrected chi connectivity index (χ2v) is 6.70. The lowest BCUT2D eigenvalue weighted by Crippen LogP contribution is -2.16. The molecule has 0 spiro atoms. The third-order valence-electron chi connectivity index (χ3n) is 4.41. The molecule has 1 heteroatoms. The molecule has 0 aromatic heterocycles. The summed E-state index contributed by atoms with van der Waals surface area (Å²) in [5.41, 5.74) is 0. The molecule has 1 N–H and O–H groups in total. The predicted octanol–water partition coefficient (Wildman–Crippen LogP) is 6.86. The van der Waals surface area contributed by atoms with Gasteiger partial charge in [0, 0.05) is 0 Å². The van der Waals surface area contributed by atoms with E-state index in [1.54, 1.807) is 0 Å². The lowest BCUT2D eigenvalue weighted by atomic mass is 10.0. The van der Waals surface area contributed by atoms with E-state index in [0.29, 0.717) is 0 Å². The molecule has 0 bridgehead atoms. The van der Waals surface area contributed by atoms with Gasteiger partial charge in [-0.2, -0.15) is 0 Å². The molecule has 0 amide bonds. The molecular weight excluding hydrogens is 254 g/mol. The van der Waals surface area contributed by atoms with Crippen LogP contribution in [0.25, 0.3) is 0 Å². The predicted molar refractivity (Wildman–Crippen MR) is 98.1 cm³/mol. The van der Waals surface area contributed by atoms with Gasteiger partial charge in [0.25, 0.3) is 0 Å². The molecule has 0 saturated carbocycles. The van der Waals surface area contributed by atoms with Crippen LogP contribution in [0.1, 0.15) is 117 Å². The van der Waals surface area contributed by atoms with Crippen molar-refractivity contribution < 1.29 is 0 Å². The summed E-state index contributed by atoms with van der Waals surface area (Å²) in [4.78, 5) is 0. The first-order chi connectivity index (χ1) is 10.4. The van der Waals surface area contributed by atoms with Crippen LogP contribution < -0.4 is 5.32 Å². The van der Waals surface area contributed by atoms with Crippen LogP contribution in [0.3, 0.4) is 0 Å². The van der Waals surface area contributed by atoms with Crippen molar-refractivity contribution in [3.63, 3.8) is 0 Å². The fourth-order valence-electron chi connectivity index (χ4n) is 2.87. The Balaban J connectivity index is 2.90. The minimum atomic E-state index is 1.22. The SMILES string of the molecule is CCCCCCCCCCCCCCCCNCCCC. The van der Waals surface area contributed by atoms with E-state index >= 15 is 0 Å². The lowest BCUT2D eigenvalue weighted by molar-refractivity contribution is 0.528. The molecule has 0 aliphatic rings. The number of hydrogen-bond donors (Lipinski definition) is 1. The van der Waals surface area contributed by atoms with E-state index in [1.807, 2.05) is 0 Å². The van der Waals surface area contributed by atoms with Crippen LogP contribution in [0.5, 0.6) is 0 Å².